The van der Waals surface area contributed by atoms with Crippen LogP contribution in [0.4, 0.5) is 0 Å². The summed E-state index contributed by atoms with van der Waals surface area (Å²) in [5.74, 6) is -0.0198. The molecule has 24 heavy (non-hydrogen) atoms. The molecule has 1 unspecified atom stereocenters. The van der Waals surface area contributed by atoms with Gasteiger partial charge in [0.2, 0.25) is 5.91 Å². The quantitative estimate of drug-likeness (QED) is 0.748. The molecule has 0 saturated carbocycles. The Morgan fingerprint density at radius 1 is 1.08 bits per heavy atom. The van der Waals surface area contributed by atoms with Crippen LogP contribution in [0.3, 0.4) is 0 Å². The highest BCUT2D eigenvalue weighted by molar-refractivity contribution is 7.99. The Labute approximate surface area is 146 Å². The highest BCUT2D eigenvalue weighted by Crippen LogP contribution is 2.20. The van der Waals surface area contributed by atoms with Crippen LogP contribution in [-0.2, 0) is 11.2 Å². The van der Waals surface area contributed by atoms with Crippen molar-refractivity contribution >= 4 is 23.6 Å². The molecule has 2 aromatic carbocycles. The van der Waals surface area contributed by atoms with Crippen LogP contribution in [0.2, 0.25) is 0 Å². The smallest absolute Gasteiger partial charge is 0.335 e. The van der Waals surface area contributed by atoms with E-state index in [1.54, 1.807) is 23.9 Å². The molecule has 126 valence electrons. The lowest BCUT2D eigenvalue weighted by atomic mass is 10.1. The molecule has 1 atom stereocenters. The Morgan fingerprint density at radius 3 is 2.25 bits per heavy atom. The monoisotopic (exact) mass is 343 g/mol. The molecule has 0 aliphatic rings. The van der Waals surface area contributed by atoms with Crippen molar-refractivity contribution in [3.63, 3.8) is 0 Å². The predicted molar refractivity (Wildman–Crippen MR) is 96.5 cm³/mol. The van der Waals surface area contributed by atoms with Crippen molar-refractivity contribution < 1.29 is 14.7 Å². The van der Waals surface area contributed by atoms with Crippen molar-refractivity contribution in [2.45, 2.75) is 31.2 Å². The van der Waals surface area contributed by atoms with Crippen molar-refractivity contribution in [3.05, 3.63) is 65.2 Å². The zero-order chi connectivity index (χ0) is 17.5. The zero-order valence-electron chi connectivity index (χ0n) is 13.8. The van der Waals surface area contributed by atoms with Crippen molar-refractivity contribution in [1.29, 1.82) is 0 Å². The van der Waals surface area contributed by atoms with Gasteiger partial charge in [0, 0.05) is 4.90 Å². The van der Waals surface area contributed by atoms with Gasteiger partial charge in [-0.15, -0.1) is 11.8 Å². The Bertz CT molecular complexity index is 696. The first-order chi connectivity index (χ1) is 11.5. The van der Waals surface area contributed by atoms with E-state index in [0.29, 0.717) is 0 Å². The van der Waals surface area contributed by atoms with Crippen molar-refractivity contribution in [1.82, 2.24) is 5.32 Å². The van der Waals surface area contributed by atoms with Gasteiger partial charge in [-0.2, -0.15) is 0 Å². The van der Waals surface area contributed by atoms with E-state index in [-0.39, 0.29) is 23.9 Å². The van der Waals surface area contributed by atoms with Gasteiger partial charge in [-0.3, -0.25) is 4.79 Å². The van der Waals surface area contributed by atoms with Crippen LogP contribution in [0.5, 0.6) is 0 Å². The van der Waals surface area contributed by atoms with Crippen LogP contribution in [0.15, 0.2) is 53.4 Å². The molecular formula is C19H21NO3S. The van der Waals surface area contributed by atoms with E-state index in [1.807, 2.05) is 19.1 Å². The molecule has 0 aliphatic carbocycles. The number of carbonyl (C=O) groups is 2. The molecule has 1 amide bonds. The largest absolute Gasteiger partial charge is 0.478 e. The van der Waals surface area contributed by atoms with Crippen LogP contribution in [0, 0.1) is 0 Å². The fourth-order valence-electron chi connectivity index (χ4n) is 2.35. The molecule has 0 radical (unpaired) electrons. The van der Waals surface area contributed by atoms with Crippen molar-refractivity contribution in [2.24, 2.45) is 0 Å². The first-order valence-electron chi connectivity index (χ1n) is 7.84. The normalized spacial score (nSPS) is 11.8. The number of carbonyl (C=O) groups excluding carboxylic acids is 1. The maximum absolute atomic E-state index is 12.2. The minimum Gasteiger partial charge on any atom is -0.478 e. The number of amides is 1. The van der Waals surface area contributed by atoms with Crippen LogP contribution < -0.4 is 5.32 Å². The minimum atomic E-state index is -0.968. The number of rotatable bonds is 7. The average molecular weight is 343 g/mol. The van der Waals surface area contributed by atoms with Gasteiger partial charge < -0.3 is 10.4 Å². The van der Waals surface area contributed by atoms with E-state index in [2.05, 4.69) is 24.4 Å². The molecule has 4 nitrogen and oxygen atoms in total. The second kappa shape index (κ2) is 8.55. The minimum absolute atomic E-state index is 0.0727. The molecule has 2 aromatic rings. The summed E-state index contributed by atoms with van der Waals surface area (Å²) in [5.41, 5.74) is 2.07. The lowest BCUT2D eigenvalue weighted by Crippen LogP contribution is -2.28. The molecule has 0 heterocycles. The van der Waals surface area contributed by atoms with Crippen LogP contribution in [0.1, 0.15) is 41.4 Å². The molecule has 0 aromatic heterocycles. The van der Waals surface area contributed by atoms with E-state index >= 15 is 0 Å². The van der Waals surface area contributed by atoms with Crippen molar-refractivity contribution in [3.8, 4) is 0 Å². The van der Waals surface area contributed by atoms with E-state index in [0.717, 1.165) is 16.9 Å². The van der Waals surface area contributed by atoms with Gasteiger partial charge >= 0.3 is 5.97 Å². The number of aromatic carboxylic acids is 1. The van der Waals surface area contributed by atoms with Crippen LogP contribution in [-0.4, -0.2) is 22.7 Å². The summed E-state index contributed by atoms with van der Waals surface area (Å²) in [6.45, 7) is 4.07. The molecule has 0 saturated heterocycles. The summed E-state index contributed by atoms with van der Waals surface area (Å²) in [7, 11) is 0. The van der Waals surface area contributed by atoms with Gasteiger partial charge in [-0.1, -0.05) is 31.2 Å². The summed E-state index contributed by atoms with van der Waals surface area (Å²) >= 11 is 1.79. The summed E-state index contributed by atoms with van der Waals surface area (Å²) in [5, 5.41) is 11.8. The Morgan fingerprint density at radius 2 is 1.71 bits per heavy atom. The number of hydrogen-bond donors (Lipinski definition) is 2. The van der Waals surface area contributed by atoms with Crippen LogP contribution in [0.25, 0.3) is 0 Å². The third-order valence-electron chi connectivity index (χ3n) is 3.63. The fraction of sp³-hybridized carbons (Fsp3) is 0.263. The van der Waals surface area contributed by atoms with E-state index in [1.165, 1.54) is 17.0 Å². The highest BCUT2D eigenvalue weighted by Gasteiger charge is 2.11. The number of benzene rings is 2. The zero-order valence-corrected chi connectivity index (χ0v) is 14.6. The predicted octanol–water partition coefficient (Wildman–Crippen LogP) is 3.92. The second-order valence-corrected chi connectivity index (χ2v) is 6.81. The summed E-state index contributed by atoms with van der Waals surface area (Å²) in [6, 6.07) is 14.5. The third kappa shape index (κ3) is 5.13. The molecule has 5 heteroatoms. The lowest BCUT2D eigenvalue weighted by Gasteiger charge is -2.15. The Balaban J connectivity index is 1.92. The van der Waals surface area contributed by atoms with Gasteiger partial charge in [-0.05, 0) is 48.1 Å². The number of nitrogens with one attached hydrogen (secondary N) is 1. The molecule has 2 N–H and O–H groups in total. The van der Waals surface area contributed by atoms with Gasteiger partial charge in [0.1, 0.15) is 0 Å². The molecule has 2 rings (SSSR count). The third-order valence-corrected chi connectivity index (χ3v) is 4.53. The van der Waals surface area contributed by atoms with Crippen LogP contribution >= 0.6 is 11.8 Å². The van der Waals surface area contributed by atoms with Gasteiger partial charge in [0.05, 0.1) is 18.0 Å². The second-order valence-electron chi connectivity index (χ2n) is 5.47. The topological polar surface area (TPSA) is 66.4 Å². The first kappa shape index (κ1) is 18.1. The van der Waals surface area contributed by atoms with Gasteiger partial charge in [0.15, 0.2) is 0 Å². The van der Waals surface area contributed by atoms with E-state index in [9.17, 15) is 9.59 Å². The molecule has 0 bridgehead atoms. The average Bonchev–Trinajstić information content (AvgIpc) is 2.56. The highest BCUT2D eigenvalue weighted by atomic mass is 32.2. The van der Waals surface area contributed by atoms with E-state index in [4.69, 9.17) is 5.11 Å². The number of thioether (sulfide) groups is 1. The SMILES string of the molecule is CCSc1ccc(C(C)NC(=O)Cc2ccc(C(=O)O)cc2)cc1. The van der Waals surface area contributed by atoms with E-state index < -0.39 is 5.97 Å². The maximum atomic E-state index is 12.2. The first-order valence-corrected chi connectivity index (χ1v) is 8.82. The van der Waals surface area contributed by atoms with Crippen molar-refractivity contribution in [2.75, 3.05) is 5.75 Å². The summed E-state index contributed by atoms with van der Waals surface area (Å²) in [4.78, 5) is 24.2. The Hall–Kier alpha value is -2.27. The summed E-state index contributed by atoms with van der Waals surface area (Å²) in [6.07, 6.45) is 0.230. The number of carboxylic acids is 1. The molecular weight excluding hydrogens is 322 g/mol. The van der Waals surface area contributed by atoms with Gasteiger partial charge in [-0.25, -0.2) is 4.79 Å². The molecule has 0 fully saturated rings. The maximum Gasteiger partial charge on any atom is 0.335 e. The Kier molecular flexibility index (Phi) is 6.44. The lowest BCUT2D eigenvalue weighted by molar-refractivity contribution is -0.121. The van der Waals surface area contributed by atoms with Gasteiger partial charge in [0.25, 0.3) is 0 Å². The molecule has 0 aliphatic heterocycles. The number of carboxylic acid groups (broad SMARTS) is 1. The number of hydrogen-bond acceptors (Lipinski definition) is 3. The summed E-state index contributed by atoms with van der Waals surface area (Å²) < 4.78 is 0. The fourth-order valence-corrected chi connectivity index (χ4v) is 3.01. The molecule has 0 spiro atoms. The standard InChI is InChI=1S/C19H21NO3S/c1-3-24-17-10-8-15(9-11-17)13(2)20-18(21)12-14-4-6-16(7-5-14)19(22)23/h4-11,13H,3,12H2,1-2H3,(H,20,21)(H,22,23).